The Bertz CT molecular complexity index is 193. The SMILES string of the molecule is CC.CC(C)C1CCCC2CCOCCN2C1. The van der Waals surface area contributed by atoms with Crippen LogP contribution in [-0.2, 0) is 4.74 Å². The van der Waals surface area contributed by atoms with E-state index in [0.29, 0.717) is 0 Å². The molecule has 0 bridgehead atoms. The van der Waals surface area contributed by atoms with E-state index in [0.717, 1.165) is 37.6 Å². The third-order valence-electron chi connectivity index (χ3n) is 4.16. The quantitative estimate of drug-likeness (QED) is 0.696. The van der Waals surface area contributed by atoms with Crippen molar-refractivity contribution in [1.29, 1.82) is 0 Å². The summed E-state index contributed by atoms with van der Waals surface area (Å²) in [5.41, 5.74) is 0. The van der Waals surface area contributed by atoms with Crippen molar-refractivity contribution in [2.24, 2.45) is 11.8 Å². The highest BCUT2D eigenvalue weighted by Gasteiger charge is 2.28. The molecule has 0 aromatic heterocycles. The number of nitrogens with zero attached hydrogens (tertiary/aromatic N) is 1. The van der Waals surface area contributed by atoms with Gasteiger partial charge < -0.3 is 4.74 Å². The minimum atomic E-state index is 0.816. The number of rotatable bonds is 1. The van der Waals surface area contributed by atoms with Gasteiger partial charge in [0.05, 0.1) is 6.61 Å². The Balaban J connectivity index is 0.000000686. The van der Waals surface area contributed by atoms with Crippen LogP contribution in [-0.4, -0.2) is 37.2 Å². The number of fused-ring (bicyclic) bond motifs is 1. The van der Waals surface area contributed by atoms with Gasteiger partial charge in [-0.05, 0) is 31.1 Å². The molecule has 0 aliphatic carbocycles. The Labute approximate surface area is 108 Å². The molecule has 0 N–H and O–H groups in total. The topological polar surface area (TPSA) is 12.5 Å². The Morgan fingerprint density at radius 2 is 1.82 bits per heavy atom. The van der Waals surface area contributed by atoms with Crippen LogP contribution < -0.4 is 0 Å². The largest absolute Gasteiger partial charge is 0.380 e. The normalized spacial score (nSPS) is 30.9. The predicted molar refractivity (Wildman–Crippen MR) is 74.3 cm³/mol. The van der Waals surface area contributed by atoms with Crippen molar-refractivity contribution < 1.29 is 4.74 Å². The third kappa shape index (κ3) is 4.59. The Morgan fingerprint density at radius 1 is 1.06 bits per heavy atom. The fourth-order valence-corrected chi connectivity index (χ4v) is 2.99. The molecule has 0 amide bonds. The van der Waals surface area contributed by atoms with Crippen LogP contribution in [0.25, 0.3) is 0 Å². The molecular formula is C15H31NO. The van der Waals surface area contributed by atoms with Crippen molar-refractivity contribution in [2.75, 3.05) is 26.3 Å². The van der Waals surface area contributed by atoms with Crippen LogP contribution in [0.4, 0.5) is 0 Å². The van der Waals surface area contributed by atoms with Gasteiger partial charge in [-0.3, -0.25) is 4.90 Å². The summed E-state index contributed by atoms with van der Waals surface area (Å²) in [6.07, 6.45) is 5.51. The molecule has 2 fully saturated rings. The number of hydrogen-bond donors (Lipinski definition) is 0. The van der Waals surface area contributed by atoms with Gasteiger partial charge in [0.25, 0.3) is 0 Å². The average molecular weight is 241 g/mol. The van der Waals surface area contributed by atoms with Crippen LogP contribution in [0.3, 0.4) is 0 Å². The molecule has 2 saturated heterocycles. The smallest absolute Gasteiger partial charge is 0.0593 e. The van der Waals surface area contributed by atoms with Gasteiger partial charge in [-0.2, -0.15) is 0 Å². The number of ether oxygens (including phenoxy) is 1. The molecule has 102 valence electrons. The van der Waals surface area contributed by atoms with Crippen molar-refractivity contribution in [3.8, 4) is 0 Å². The van der Waals surface area contributed by atoms with Crippen LogP contribution in [0.2, 0.25) is 0 Å². The van der Waals surface area contributed by atoms with E-state index in [1.54, 1.807) is 0 Å². The van der Waals surface area contributed by atoms with Gasteiger partial charge in [0, 0.05) is 25.7 Å². The fourth-order valence-electron chi connectivity index (χ4n) is 2.99. The van der Waals surface area contributed by atoms with Gasteiger partial charge in [0.1, 0.15) is 0 Å². The second kappa shape index (κ2) is 8.10. The lowest BCUT2D eigenvalue weighted by Gasteiger charge is -2.30. The first kappa shape index (κ1) is 15.0. The molecule has 2 heteroatoms. The average Bonchev–Trinajstić information content (AvgIpc) is 2.65. The molecule has 0 radical (unpaired) electrons. The zero-order chi connectivity index (χ0) is 12.7. The van der Waals surface area contributed by atoms with Gasteiger partial charge in [-0.1, -0.05) is 34.1 Å². The summed E-state index contributed by atoms with van der Waals surface area (Å²) in [7, 11) is 0. The van der Waals surface area contributed by atoms with E-state index >= 15 is 0 Å². The lowest BCUT2D eigenvalue weighted by atomic mass is 9.91. The molecule has 0 saturated carbocycles. The lowest BCUT2D eigenvalue weighted by molar-refractivity contribution is 0.132. The first-order valence-corrected chi connectivity index (χ1v) is 7.59. The van der Waals surface area contributed by atoms with Crippen molar-refractivity contribution >= 4 is 0 Å². The monoisotopic (exact) mass is 241 g/mol. The molecule has 17 heavy (non-hydrogen) atoms. The van der Waals surface area contributed by atoms with E-state index in [2.05, 4.69) is 18.7 Å². The zero-order valence-corrected chi connectivity index (χ0v) is 12.2. The van der Waals surface area contributed by atoms with Crippen LogP contribution >= 0.6 is 0 Å². The molecule has 0 aromatic carbocycles. The van der Waals surface area contributed by atoms with E-state index in [9.17, 15) is 0 Å². The maximum atomic E-state index is 5.58. The maximum Gasteiger partial charge on any atom is 0.0593 e. The maximum absolute atomic E-state index is 5.58. The number of hydrogen-bond acceptors (Lipinski definition) is 2. The second-order valence-electron chi connectivity index (χ2n) is 5.48. The summed E-state index contributed by atoms with van der Waals surface area (Å²) in [5.74, 6) is 1.75. The van der Waals surface area contributed by atoms with E-state index < -0.39 is 0 Å². The summed E-state index contributed by atoms with van der Waals surface area (Å²) in [5, 5.41) is 0. The van der Waals surface area contributed by atoms with E-state index in [-0.39, 0.29) is 0 Å². The van der Waals surface area contributed by atoms with Crippen LogP contribution in [0, 0.1) is 11.8 Å². The van der Waals surface area contributed by atoms with Gasteiger partial charge in [0.15, 0.2) is 0 Å². The minimum Gasteiger partial charge on any atom is -0.380 e. The van der Waals surface area contributed by atoms with Crippen molar-refractivity contribution in [3.63, 3.8) is 0 Å². The Morgan fingerprint density at radius 3 is 2.53 bits per heavy atom. The summed E-state index contributed by atoms with van der Waals surface area (Å²) >= 11 is 0. The van der Waals surface area contributed by atoms with Crippen LogP contribution in [0.1, 0.15) is 53.4 Å². The molecule has 2 nitrogen and oxygen atoms in total. The second-order valence-corrected chi connectivity index (χ2v) is 5.48. The first-order valence-electron chi connectivity index (χ1n) is 7.59. The molecule has 2 aliphatic rings. The zero-order valence-electron chi connectivity index (χ0n) is 12.2. The highest BCUT2D eigenvalue weighted by Crippen LogP contribution is 2.28. The lowest BCUT2D eigenvalue weighted by Crippen LogP contribution is -2.38. The van der Waals surface area contributed by atoms with E-state index in [1.807, 2.05) is 13.8 Å². The van der Waals surface area contributed by atoms with Crippen molar-refractivity contribution in [3.05, 3.63) is 0 Å². The summed E-state index contributed by atoms with van der Waals surface area (Å²) in [6.45, 7) is 13.1. The van der Waals surface area contributed by atoms with Crippen LogP contribution in [0.5, 0.6) is 0 Å². The van der Waals surface area contributed by atoms with E-state index in [1.165, 1.54) is 32.2 Å². The molecule has 0 aromatic rings. The molecular weight excluding hydrogens is 210 g/mol. The fraction of sp³-hybridized carbons (Fsp3) is 1.00. The standard InChI is InChI=1S/C13H25NO.C2H6/c1-11(2)12-4-3-5-13-6-8-15-9-7-14(13)10-12;1-2/h11-13H,3-10H2,1-2H3;1-2H3. The molecule has 0 spiro atoms. The highest BCUT2D eigenvalue weighted by molar-refractivity contribution is 4.81. The molecule has 2 aliphatic heterocycles. The minimum absolute atomic E-state index is 0.816. The van der Waals surface area contributed by atoms with Gasteiger partial charge in [-0.25, -0.2) is 0 Å². The van der Waals surface area contributed by atoms with E-state index in [4.69, 9.17) is 4.74 Å². The molecule has 2 atom stereocenters. The predicted octanol–water partition coefficient (Wildman–Crippen LogP) is 3.56. The van der Waals surface area contributed by atoms with Crippen molar-refractivity contribution in [1.82, 2.24) is 4.90 Å². The van der Waals surface area contributed by atoms with Gasteiger partial charge in [-0.15, -0.1) is 0 Å². The first-order chi connectivity index (χ1) is 8.27. The Hall–Kier alpha value is -0.0800. The summed E-state index contributed by atoms with van der Waals surface area (Å²) in [4.78, 5) is 2.70. The molecule has 2 unspecified atom stereocenters. The van der Waals surface area contributed by atoms with Gasteiger partial charge >= 0.3 is 0 Å². The molecule has 2 heterocycles. The molecule has 2 rings (SSSR count). The van der Waals surface area contributed by atoms with Crippen molar-refractivity contribution in [2.45, 2.75) is 59.4 Å². The summed E-state index contributed by atoms with van der Waals surface area (Å²) in [6, 6.07) is 0.816. The Kier molecular flexibility index (Phi) is 7.14. The third-order valence-corrected chi connectivity index (χ3v) is 4.16. The van der Waals surface area contributed by atoms with Crippen LogP contribution in [0.15, 0.2) is 0 Å². The highest BCUT2D eigenvalue weighted by atomic mass is 16.5. The van der Waals surface area contributed by atoms with Gasteiger partial charge in [0.2, 0.25) is 0 Å². The summed E-state index contributed by atoms with van der Waals surface area (Å²) < 4.78 is 5.58.